The van der Waals surface area contributed by atoms with Crippen LogP contribution in [-0.2, 0) is 0 Å². The maximum absolute atomic E-state index is 5.83. The van der Waals surface area contributed by atoms with Crippen molar-refractivity contribution in [2.75, 3.05) is 25.0 Å². The minimum absolute atomic E-state index is 0.343. The van der Waals surface area contributed by atoms with E-state index in [1.807, 2.05) is 18.2 Å². The number of likely N-dealkylation sites (N-methyl/N-ethyl adjacent to an activating group) is 1. The number of hydrogen-bond donors (Lipinski definition) is 2. The van der Waals surface area contributed by atoms with Gasteiger partial charge in [-0.25, -0.2) is 0 Å². The first-order valence-corrected chi connectivity index (χ1v) is 6.82. The van der Waals surface area contributed by atoms with E-state index >= 15 is 0 Å². The molecule has 0 radical (unpaired) electrons. The maximum atomic E-state index is 5.83. The lowest BCUT2D eigenvalue weighted by Gasteiger charge is -2.27. The van der Waals surface area contributed by atoms with Gasteiger partial charge in [0.25, 0.3) is 0 Å². The van der Waals surface area contributed by atoms with Gasteiger partial charge in [-0.1, -0.05) is 32.0 Å². The van der Waals surface area contributed by atoms with Crippen molar-refractivity contribution in [1.29, 1.82) is 0 Å². The highest BCUT2D eigenvalue weighted by Gasteiger charge is 2.09. The van der Waals surface area contributed by atoms with Gasteiger partial charge in [-0.2, -0.15) is 0 Å². The Morgan fingerprint density at radius 1 is 1.26 bits per heavy atom. The van der Waals surface area contributed by atoms with Crippen molar-refractivity contribution in [3.63, 3.8) is 0 Å². The van der Waals surface area contributed by atoms with Gasteiger partial charge in [0, 0.05) is 31.9 Å². The van der Waals surface area contributed by atoms with Gasteiger partial charge in [0.15, 0.2) is 5.96 Å². The van der Waals surface area contributed by atoms with E-state index in [4.69, 9.17) is 5.73 Å². The second-order valence-electron chi connectivity index (χ2n) is 5.30. The number of rotatable bonds is 6. The van der Waals surface area contributed by atoms with E-state index in [1.54, 1.807) is 0 Å². The summed E-state index contributed by atoms with van der Waals surface area (Å²) in [7, 11) is 2.09. The predicted octanol–water partition coefficient (Wildman–Crippen LogP) is 2.07. The molecule has 1 aromatic carbocycles. The van der Waals surface area contributed by atoms with Crippen molar-refractivity contribution in [3.05, 3.63) is 30.3 Å². The molecule has 0 heterocycles. The van der Waals surface area contributed by atoms with Crippen molar-refractivity contribution in [1.82, 2.24) is 5.32 Å². The Morgan fingerprint density at radius 3 is 2.47 bits per heavy atom. The summed E-state index contributed by atoms with van der Waals surface area (Å²) in [5.41, 5.74) is 7.03. The zero-order chi connectivity index (χ0) is 14.3. The van der Waals surface area contributed by atoms with Gasteiger partial charge in [-0.15, -0.1) is 0 Å². The molecule has 0 aliphatic carbocycles. The highest BCUT2D eigenvalue weighted by Crippen LogP contribution is 2.13. The number of nitrogens with zero attached hydrogens (tertiary/aromatic N) is 2. The summed E-state index contributed by atoms with van der Waals surface area (Å²) >= 11 is 0. The molecule has 0 aromatic heterocycles. The van der Waals surface area contributed by atoms with Crippen LogP contribution in [0.4, 0.5) is 5.69 Å². The van der Waals surface area contributed by atoms with Crippen molar-refractivity contribution in [2.45, 2.75) is 26.8 Å². The number of nitrogens with one attached hydrogen (secondary N) is 1. The Hall–Kier alpha value is -1.71. The van der Waals surface area contributed by atoms with Gasteiger partial charge in [-0.3, -0.25) is 4.99 Å². The zero-order valence-electron chi connectivity index (χ0n) is 12.4. The third-order valence-corrected chi connectivity index (χ3v) is 3.03. The number of guanidine groups is 1. The molecule has 4 nitrogen and oxygen atoms in total. The van der Waals surface area contributed by atoms with Gasteiger partial charge in [-0.05, 0) is 25.0 Å². The quantitative estimate of drug-likeness (QED) is 0.609. The summed E-state index contributed by atoms with van der Waals surface area (Å²) in [6, 6.07) is 10.7. The van der Waals surface area contributed by atoms with Crippen LogP contribution in [-0.4, -0.2) is 32.1 Å². The molecule has 19 heavy (non-hydrogen) atoms. The van der Waals surface area contributed by atoms with Gasteiger partial charge in [0.1, 0.15) is 0 Å². The molecule has 0 aliphatic heterocycles. The van der Waals surface area contributed by atoms with E-state index in [9.17, 15) is 0 Å². The lowest BCUT2D eigenvalue weighted by atomic mass is 10.2. The van der Waals surface area contributed by atoms with Crippen LogP contribution in [0, 0.1) is 5.92 Å². The molecule has 0 fully saturated rings. The topological polar surface area (TPSA) is 53.6 Å². The molecule has 3 N–H and O–H groups in total. The first kappa shape index (κ1) is 15.3. The Kier molecular flexibility index (Phi) is 6.19. The van der Waals surface area contributed by atoms with E-state index in [0.29, 0.717) is 17.9 Å². The number of anilines is 1. The number of hydrogen-bond acceptors (Lipinski definition) is 2. The second-order valence-corrected chi connectivity index (χ2v) is 5.30. The third-order valence-electron chi connectivity index (χ3n) is 3.03. The summed E-state index contributed by atoms with van der Waals surface area (Å²) in [5, 5.41) is 3.17. The largest absolute Gasteiger partial charge is 0.370 e. The third kappa shape index (κ3) is 5.64. The number of aliphatic imine (C=N–C) groups is 1. The Balaban J connectivity index is 2.43. The maximum Gasteiger partial charge on any atom is 0.188 e. The lowest BCUT2D eigenvalue weighted by Crippen LogP contribution is -2.43. The summed E-state index contributed by atoms with van der Waals surface area (Å²) in [6.07, 6.45) is 0. The van der Waals surface area contributed by atoms with Gasteiger partial charge < -0.3 is 16.0 Å². The number of para-hydroxylation sites is 1. The fourth-order valence-corrected chi connectivity index (χ4v) is 1.64. The smallest absolute Gasteiger partial charge is 0.188 e. The molecule has 0 bridgehead atoms. The highest BCUT2D eigenvalue weighted by molar-refractivity contribution is 5.77. The van der Waals surface area contributed by atoms with Crippen molar-refractivity contribution in [3.8, 4) is 0 Å². The van der Waals surface area contributed by atoms with Crippen LogP contribution in [0.3, 0.4) is 0 Å². The van der Waals surface area contributed by atoms with Gasteiger partial charge in [0.2, 0.25) is 0 Å². The normalized spacial score (nSPS) is 13.4. The Labute approximate surface area is 116 Å². The van der Waals surface area contributed by atoms with Crippen LogP contribution in [0.25, 0.3) is 0 Å². The average Bonchev–Trinajstić information content (AvgIpc) is 2.42. The first-order chi connectivity index (χ1) is 9.00. The van der Waals surface area contributed by atoms with E-state index in [1.165, 1.54) is 5.69 Å². The highest BCUT2D eigenvalue weighted by atomic mass is 15.2. The molecule has 0 aliphatic rings. The summed E-state index contributed by atoms with van der Waals surface area (Å²) in [6.45, 7) is 7.96. The lowest BCUT2D eigenvalue weighted by molar-refractivity contribution is 0.642. The molecule has 0 saturated heterocycles. The van der Waals surface area contributed by atoms with Crippen LogP contribution in [0.15, 0.2) is 35.3 Å². The summed E-state index contributed by atoms with van der Waals surface area (Å²) in [4.78, 5) is 6.52. The van der Waals surface area contributed by atoms with Gasteiger partial charge >= 0.3 is 0 Å². The van der Waals surface area contributed by atoms with Crippen LogP contribution in [0.5, 0.6) is 0 Å². The molecule has 1 aromatic rings. The van der Waals surface area contributed by atoms with Crippen LogP contribution >= 0.6 is 0 Å². The van der Waals surface area contributed by atoms with Crippen molar-refractivity contribution < 1.29 is 0 Å². The number of benzene rings is 1. The fraction of sp³-hybridized carbons (Fsp3) is 0.533. The molecule has 1 atom stereocenters. The molecule has 0 saturated carbocycles. The molecule has 0 amide bonds. The Bertz CT molecular complexity index is 386. The monoisotopic (exact) mass is 262 g/mol. The molecular weight excluding hydrogens is 236 g/mol. The fourth-order valence-electron chi connectivity index (χ4n) is 1.64. The minimum Gasteiger partial charge on any atom is -0.370 e. The predicted molar refractivity (Wildman–Crippen MR) is 83.6 cm³/mol. The molecular formula is C15H26N4. The standard InChI is InChI=1S/C15H26N4/c1-12(2)10-17-15(16)18-11-13(3)19(4)14-8-6-5-7-9-14/h5-9,12-13H,10-11H2,1-4H3,(H3,16,17,18). The van der Waals surface area contributed by atoms with Crippen LogP contribution in [0.2, 0.25) is 0 Å². The zero-order valence-corrected chi connectivity index (χ0v) is 12.4. The minimum atomic E-state index is 0.343. The molecule has 1 unspecified atom stereocenters. The molecule has 1 rings (SSSR count). The number of nitrogens with two attached hydrogens (primary N) is 1. The summed E-state index contributed by atoms with van der Waals surface area (Å²) in [5.74, 6) is 1.06. The molecule has 106 valence electrons. The first-order valence-electron chi connectivity index (χ1n) is 6.82. The SMILES string of the molecule is CC(C)CN=C(N)NCC(C)N(C)c1ccccc1. The van der Waals surface area contributed by atoms with E-state index in [2.05, 4.69) is 55.2 Å². The van der Waals surface area contributed by atoms with E-state index < -0.39 is 0 Å². The molecule has 0 spiro atoms. The molecule has 4 heteroatoms. The van der Waals surface area contributed by atoms with Gasteiger partial charge in [0.05, 0.1) is 0 Å². The summed E-state index contributed by atoms with van der Waals surface area (Å²) < 4.78 is 0. The van der Waals surface area contributed by atoms with Crippen molar-refractivity contribution >= 4 is 11.6 Å². The van der Waals surface area contributed by atoms with Crippen LogP contribution < -0.4 is 16.0 Å². The second kappa shape index (κ2) is 7.67. The van der Waals surface area contributed by atoms with E-state index in [-0.39, 0.29) is 0 Å². The van der Waals surface area contributed by atoms with Crippen molar-refractivity contribution in [2.24, 2.45) is 16.6 Å². The van der Waals surface area contributed by atoms with E-state index in [0.717, 1.165) is 13.1 Å². The Morgan fingerprint density at radius 2 is 1.89 bits per heavy atom. The van der Waals surface area contributed by atoms with Crippen LogP contribution in [0.1, 0.15) is 20.8 Å². The average molecular weight is 262 g/mol.